The molecule has 31 heavy (non-hydrogen) atoms. The van der Waals surface area contributed by atoms with Gasteiger partial charge in [-0.3, -0.25) is 9.36 Å². The van der Waals surface area contributed by atoms with Crippen LogP contribution < -0.4 is 11.3 Å². The Balaban J connectivity index is 0.000000192. The van der Waals surface area contributed by atoms with Gasteiger partial charge < -0.3 is 10.7 Å². The van der Waals surface area contributed by atoms with Gasteiger partial charge in [0.15, 0.2) is 11.5 Å². The van der Waals surface area contributed by atoms with Gasteiger partial charge in [0, 0.05) is 6.42 Å². The summed E-state index contributed by atoms with van der Waals surface area (Å²) in [4.78, 5) is 31.6. The van der Waals surface area contributed by atoms with E-state index in [0.29, 0.717) is 40.1 Å². The zero-order valence-corrected chi connectivity index (χ0v) is 16.8. The van der Waals surface area contributed by atoms with E-state index in [0.717, 1.165) is 12.1 Å². The summed E-state index contributed by atoms with van der Waals surface area (Å²) < 4.78 is 15.0. The number of halogens is 1. The molecule has 8 nitrogen and oxygen atoms in total. The van der Waals surface area contributed by atoms with Gasteiger partial charge >= 0.3 is 0 Å². The summed E-state index contributed by atoms with van der Waals surface area (Å²) in [6.07, 6.45) is 4.50. The van der Waals surface area contributed by atoms with E-state index in [9.17, 15) is 9.18 Å². The molecule has 9 heteroatoms. The van der Waals surface area contributed by atoms with Gasteiger partial charge in [0.1, 0.15) is 23.5 Å². The number of nitrogens with zero attached hydrogens (tertiary/aromatic N) is 5. The second-order valence-corrected chi connectivity index (χ2v) is 6.78. The van der Waals surface area contributed by atoms with Gasteiger partial charge in [0.2, 0.25) is 0 Å². The second kappa shape index (κ2) is 8.70. The average molecular weight is 417 g/mol. The standard InChI is InChI=1S/C17H15FN2O.C5H5N5/c1-2-6-16-19-15-10-9-12(18)11-14(15)17(21)20(16)13-7-4-3-5-8-13;6-4-3-5(9-1-7-3)10-2-8-4/h3-5,7-11H,2,6H2,1H3;1-2H,(H3,6,7,8,9,10). The quantitative estimate of drug-likeness (QED) is 0.465. The van der Waals surface area contributed by atoms with Gasteiger partial charge in [-0.05, 0) is 36.8 Å². The lowest BCUT2D eigenvalue weighted by atomic mass is 10.2. The maximum absolute atomic E-state index is 13.4. The number of anilines is 1. The fourth-order valence-corrected chi connectivity index (χ4v) is 3.22. The predicted octanol–water partition coefficient (Wildman–Crippen LogP) is 3.41. The number of nitrogens with one attached hydrogen (secondary N) is 1. The SMILES string of the molecule is CCCc1nc2ccc(F)cc2c(=O)n1-c1ccccc1.Nc1ncnc2nc[nH]c12. The molecule has 3 aromatic heterocycles. The number of H-pyrrole nitrogens is 1. The van der Waals surface area contributed by atoms with Crippen LogP contribution in [0.4, 0.5) is 10.2 Å². The van der Waals surface area contributed by atoms with Crippen molar-refractivity contribution in [3.05, 3.63) is 83.2 Å². The summed E-state index contributed by atoms with van der Waals surface area (Å²) >= 11 is 0. The highest BCUT2D eigenvalue weighted by atomic mass is 19.1. The van der Waals surface area contributed by atoms with Crippen LogP contribution in [0.1, 0.15) is 19.2 Å². The minimum Gasteiger partial charge on any atom is -0.382 e. The van der Waals surface area contributed by atoms with Crippen LogP contribution >= 0.6 is 0 Å². The number of aryl methyl sites for hydroxylation is 1. The predicted molar refractivity (Wildman–Crippen MR) is 117 cm³/mol. The van der Waals surface area contributed by atoms with E-state index in [1.807, 2.05) is 37.3 Å². The molecule has 0 spiro atoms. The molecule has 0 amide bonds. The number of hydrogen-bond donors (Lipinski definition) is 2. The molecule has 3 heterocycles. The van der Waals surface area contributed by atoms with Crippen molar-refractivity contribution in [3.63, 3.8) is 0 Å². The topological polar surface area (TPSA) is 115 Å². The normalized spacial score (nSPS) is 10.8. The van der Waals surface area contributed by atoms with Crippen molar-refractivity contribution in [1.82, 2.24) is 29.5 Å². The molecule has 0 aliphatic rings. The maximum Gasteiger partial charge on any atom is 0.266 e. The van der Waals surface area contributed by atoms with E-state index in [4.69, 9.17) is 5.73 Å². The molecule has 0 aliphatic heterocycles. The third kappa shape index (κ3) is 4.11. The van der Waals surface area contributed by atoms with E-state index in [-0.39, 0.29) is 5.56 Å². The third-order valence-corrected chi connectivity index (χ3v) is 4.64. The number of nitrogen functional groups attached to an aromatic ring is 1. The van der Waals surface area contributed by atoms with Crippen LogP contribution in [-0.4, -0.2) is 29.5 Å². The Hall–Kier alpha value is -4.14. The molecule has 5 rings (SSSR count). The summed E-state index contributed by atoms with van der Waals surface area (Å²) in [5.41, 5.74) is 7.84. The summed E-state index contributed by atoms with van der Waals surface area (Å²) in [6.45, 7) is 2.04. The Kier molecular flexibility index (Phi) is 5.65. The van der Waals surface area contributed by atoms with Crippen LogP contribution in [0.15, 0.2) is 66.0 Å². The van der Waals surface area contributed by atoms with Crippen LogP contribution in [0.3, 0.4) is 0 Å². The van der Waals surface area contributed by atoms with E-state index >= 15 is 0 Å². The van der Waals surface area contributed by atoms with Gasteiger partial charge in [0.25, 0.3) is 5.56 Å². The molecule has 5 aromatic rings. The van der Waals surface area contributed by atoms with Crippen LogP contribution in [0.5, 0.6) is 0 Å². The summed E-state index contributed by atoms with van der Waals surface area (Å²) in [7, 11) is 0. The first-order valence-corrected chi connectivity index (χ1v) is 9.74. The smallest absolute Gasteiger partial charge is 0.266 e. The van der Waals surface area contributed by atoms with E-state index in [1.54, 1.807) is 10.6 Å². The number of benzene rings is 2. The van der Waals surface area contributed by atoms with Gasteiger partial charge in [-0.25, -0.2) is 24.3 Å². The number of imidazole rings is 1. The zero-order chi connectivity index (χ0) is 21.8. The number of rotatable bonds is 3. The van der Waals surface area contributed by atoms with Gasteiger partial charge in [-0.15, -0.1) is 0 Å². The monoisotopic (exact) mass is 417 g/mol. The Bertz CT molecular complexity index is 1400. The average Bonchev–Trinajstić information content (AvgIpc) is 3.26. The number of fused-ring (bicyclic) bond motifs is 2. The summed E-state index contributed by atoms with van der Waals surface area (Å²) in [5, 5.41) is 0.304. The van der Waals surface area contributed by atoms with Crippen LogP contribution in [0.2, 0.25) is 0 Å². The Morgan fingerprint density at radius 3 is 2.65 bits per heavy atom. The Morgan fingerprint density at radius 1 is 1.10 bits per heavy atom. The van der Waals surface area contributed by atoms with E-state index in [2.05, 4.69) is 24.9 Å². The van der Waals surface area contributed by atoms with E-state index in [1.165, 1.54) is 24.8 Å². The molecule has 3 N–H and O–H groups in total. The fraction of sp³-hybridized carbons (Fsp3) is 0.136. The number of nitrogens with two attached hydrogens (primary N) is 1. The van der Waals surface area contributed by atoms with Crippen molar-refractivity contribution in [2.75, 3.05) is 5.73 Å². The molecule has 2 aromatic carbocycles. The van der Waals surface area contributed by atoms with Crippen molar-refractivity contribution in [2.24, 2.45) is 0 Å². The van der Waals surface area contributed by atoms with Crippen molar-refractivity contribution in [1.29, 1.82) is 0 Å². The minimum atomic E-state index is -0.427. The first-order valence-electron chi connectivity index (χ1n) is 9.74. The molecular formula is C22H20FN7O. The van der Waals surface area contributed by atoms with Crippen LogP contribution in [0, 0.1) is 5.82 Å². The Labute approximate surface area is 176 Å². The van der Waals surface area contributed by atoms with Crippen molar-refractivity contribution >= 4 is 27.9 Å². The van der Waals surface area contributed by atoms with Crippen LogP contribution in [0.25, 0.3) is 27.8 Å². The molecule has 0 saturated heterocycles. The largest absolute Gasteiger partial charge is 0.382 e. The molecular weight excluding hydrogens is 397 g/mol. The van der Waals surface area contributed by atoms with Gasteiger partial charge in [-0.2, -0.15) is 0 Å². The third-order valence-electron chi connectivity index (χ3n) is 4.64. The molecule has 0 radical (unpaired) electrons. The van der Waals surface area contributed by atoms with E-state index < -0.39 is 5.82 Å². The summed E-state index contributed by atoms with van der Waals surface area (Å²) in [6, 6.07) is 13.5. The molecule has 0 bridgehead atoms. The number of para-hydroxylation sites is 1. The number of aromatic nitrogens is 6. The van der Waals surface area contributed by atoms with Crippen molar-refractivity contribution < 1.29 is 4.39 Å². The summed E-state index contributed by atoms with van der Waals surface area (Å²) in [5.74, 6) is 0.708. The number of hydrogen-bond acceptors (Lipinski definition) is 6. The van der Waals surface area contributed by atoms with Crippen molar-refractivity contribution in [2.45, 2.75) is 19.8 Å². The minimum absolute atomic E-state index is 0.228. The lowest BCUT2D eigenvalue weighted by Crippen LogP contribution is -2.24. The second-order valence-electron chi connectivity index (χ2n) is 6.78. The lowest BCUT2D eigenvalue weighted by Gasteiger charge is -2.13. The Morgan fingerprint density at radius 2 is 1.90 bits per heavy atom. The molecule has 0 aliphatic carbocycles. The first-order chi connectivity index (χ1) is 15.1. The fourth-order valence-electron chi connectivity index (χ4n) is 3.22. The lowest BCUT2D eigenvalue weighted by molar-refractivity contribution is 0.629. The number of aromatic amines is 1. The highest BCUT2D eigenvalue weighted by molar-refractivity contribution is 5.80. The van der Waals surface area contributed by atoms with Gasteiger partial charge in [-0.1, -0.05) is 25.1 Å². The molecule has 0 atom stereocenters. The highest BCUT2D eigenvalue weighted by Crippen LogP contribution is 2.15. The zero-order valence-electron chi connectivity index (χ0n) is 16.8. The van der Waals surface area contributed by atoms with Crippen LogP contribution in [-0.2, 0) is 6.42 Å². The molecule has 0 saturated carbocycles. The highest BCUT2D eigenvalue weighted by Gasteiger charge is 2.12. The molecule has 0 unspecified atom stereocenters. The van der Waals surface area contributed by atoms with Gasteiger partial charge in [0.05, 0.1) is 22.9 Å². The maximum atomic E-state index is 13.4. The van der Waals surface area contributed by atoms with Crippen molar-refractivity contribution in [3.8, 4) is 5.69 Å². The molecule has 0 fully saturated rings. The first kappa shape index (κ1) is 20.1. The molecule has 156 valence electrons.